The second-order valence-corrected chi connectivity index (χ2v) is 5.99. The molecule has 1 aromatic carbocycles. The maximum absolute atomic E-state index is 12.4. The first-order valence-electron chi connectivity index (χ1n) is 7.07. The topological polar surface area (TPSA) is 29.5 Å². The minimum Gasteiger partial charge on any atom is -0.476 e. The molecule has 4 heteroatoms. The number of rotatable bonds is 4. The van der Waals surface area contributed by atoms with Crippen molar-refractivity contribution in [2.24, 2.45) is 0 Å². The lowest BCUT2D eigenvalue weighted by molar-refractivity contribution is -0.132. The number of carbonyl (C=O) groups is 1. The molecule has 1 amide bonds. The number of hydrogen-bond acceptors (Lipinski definition) is 2. The number of halogens is 1. The summed E-state index contributed by atoms with van der Waals surface area (Å²) in [4.78, 5) is 14.1. The fraction of sp³-hybridized carbons (Fsp3) is 0.562. The van der Waals surface area contributed by atoms with Crippen LogP contribution in [0.25, 0.3) is 0 Å². The van der Waals surface area contributed by atoms with E-state index in [9.17, 15) is 9.18 Å². The number of benzene rings is 1. The fourth-order valence-corrected chi connectivity index (χ4v) is 2.39. The molecule has 20 heavy (non-hydrogen) atoms. The molecule has 0 atom stereocenters. The summed E-state index contributed by atoms with van der Waals surface area (Å²) in [7, 11) is 0. The van der Waals surface area contributed by atoms with Gasteiger partial charge in [0, 0.05) is 6.54 Å². The van der Waals surface area contributed by atoms with Gasteiger partial charge in [-0.2, -0.15) is 0 Å². The van der Waals surface area contributed by atoms with Gasteiger partial charge in [0.1, 0.15) is 5.75 Å². The zero-order chi connectivity index (χ0) is 14.9. The normalized spacial score (nSPS) is 17.1. The molecule has 0 saturated heterocycles. The van der Waals surface area contributed by atoms with Crippen molar-refractivity contribution in [3.63, 3.8) is 0 Å². The Kier molecular flexibility index (Phi) is 4.02. The average molecular weight is 279 g/mol. The summed E-state index contributed by atoms with van der Waals surface area (Å²) in [6, 6.07) is 5.88. The van der Waals surface area contributed by atoms with E-state index in [4.69, 9.17) is 4.74 Å². The molecule has 0 fully saturated rings. The maximum Gasteiger partial charge on any atom is 0.270 e. The third-order valence-electron chi connectivity index (χ3n) is 3.58. The van der Waals surface area contributed by atoms with Gasteiger partial charge >= 0.3 is 0 Å². The first-order valence-corrected chi connectivity index (χ1v) is 7.07. The minimum atomic E-state index is -0.904. The number of nitrogens with zero attached hydrogens (tertiary/aromatic N) is 1. The van der Waals surface area contributed by atoms with Crippen molar-refractivity contribution in [2.45, 2.75) is 45.6 Å². The highest BCUT2D eigenvalue weighted by Crippen LogP contribution is 2.39. The van der Waals surface area contributed by atoms with E-state index < -0.39 is 12.3 Å². The largest absolute Gasteiger partial charge is 0.476 e. The van der Waals surface area contributed by atoms with E-state index in [2.05, 4.69) is 13.8 Å². The van der Waals surface area contributed by atoms with Crippen LogP contribution in [0.3, 0.4) is 0 Å². The van der Waals surface area contributed by atoms with Crippen LogP contribution in [0.5, 0.6) is 5.75 Å². The fourth-order valence-electron chi connectivity index (χ4n) is 2.39. The Morgan fingerprint density at radius 1 is 1.35 bits per heavy atom. The van der Waals surface area contributed by atoms with Gasteiger partial charge in [-0.15, -0.1) is 0 Å². The van der Waals surface area contributed by atoms with Gasteiger partial charge in [-0.25, -0.2) is 0 Å². The summed E-state index contributed by atoms with van der Waals surface area (Å²) in [5.41, 5.74) is 1.00. The smallest absolute Gasteiger partial charge is 0.270 e. The zero-order valence-corrected chi connectivity index (χ0v) is 12.6. The van der Waals surface area contributed by atoms with Gasteiger partial charge in [0.05, 0.1) is 12.4 Å². The summed E-state index contributed by atoms with van der Waals surface area (Å²) in [5, 5.41) is 0. The van der Waals surface area contributed by atoms with Gasteiger partial charge in [0.25, 0.3) is 5.91 Å². The Morgan fingerprint density at radius 2 is 2.05 bits per heavy atom. The molecule has 0 radical (unpaired) electrons. The van der Waals surface area contributed by atoms with Crippen LogP contribution in [0.15, 0.2) is 18.2 Å². The van der Waals surface area contributed by atoms with Crippen molar-refractivity contribution in [3.05, 3.63) is 23.8 Å². The first-order chi connectivity index (χ1) is 9.36. The molecule has 0 aliphatic carbocycles. The summed E-state index contributed by atoms with van der Waals surface area (Å²) in [6.45, 7) is 7.69. The van der Waals surface area contributed by atoms with E-state index in [0.29, 0.717) is 24.6 Å². The van der Waals surface area contributed by atoms with Gasteiger partial charge in [-0.05, 0) is 43.9 Å². The monoisotopic (exact) mass is 279 g/mol. The van der Waals surface area contributed by atoms with Gasteiger partial charge in [0.15, 0.2) is 5.60 Å². The summed E-state index contributed by atoms with van der Waals surface area (Å²) in [5.74, 6) is 0.985. The average Bonchev–Trinajstić information content (AvgIpc) is 2.38. The van der Waals surface area contributed by atoms with E-state index in [1.54, 1.807) is 18.7 Å². The maximum atomic E-state index is 12.4. The summed E-state index contributed by atoms with van der Waals surface area (Å²) < 4.78 is 18.3. The van der Waals surface area contributed by atoms with E-state index in [1.165, 1.54) is 5.56 Å². The van der Waals surface area contributed by atoms with Crippen molar-refractivity contribution in [2.75, 3.05) is 18.1 Å². The Labute approximate surface area is 119 Å². The molecule has 1 heterocycles. The predicted molar refractivity (Wildman–Crippen MR) is 78.2 cm³/mol. The van der Waals surface area contributed by atoms with E-state index in [1.807, 2.05) is 18.2 Å². The highest BCUT2D eigenvalue weighted by atomic mass is 19.1. The highest BCUT2D eigenvalue weighted by molar-refractivity contribution is 6.02. The molecule has 0 aromatic heterocycles. The van der Waals surface area contributed by atoms with Crippen LogP contribution < -0.4 is 9.64 Å². The van der Waals surface area contributed by atoms with Gasteiger partial charge in [0.2, 0.25) is 0 Å². The number of hydrogen-bond donors (Lipinski definition) is 0. The SMILES string of the molecule is CC(C)c1ccc2c(c1)OC(C)(C)C(=O)N2CCCF. The van der Waals surface area contributed by atoms with E-state index in [0.717, 1.165) is 5.69 Å². The van der Waals surface area contributed by atoms with Gasteiger partial charge < -0.3 is 9.64 Å². The standard InChI is InChI=1S/C16H22FNO2/c1-11(2)12-6-7-13-14(10-12)20-16(3,4)15(19)18(13)9-5-8-17/h6-7,10-11H,5,8-9H2,1-4H3. The minimum absolute atomic E-state index is 0.115. The van der Waals surface area contributed by atoms with Crippen LogP contribution in [0.2, 0.25) is 0 Å². The number of fused-ring (bicyclic) bond motifs is 1. The number of carbonyl (C=O) groups excluding carboxylic acids is 1. The molecule has 110 valence electrons. The molecule has 0 saturated carbocycles. The van der Waals surface area contributed by atoms with E-state index in [-0.39, 0.29) is 5.91 Å². The van der Waals surface area contributed by atoms with Crippen LogP contribution >= 0.6 is 0 Å². The molecular weight excluding hydrogens is 257 g/mol. The molecule has 0 unspecified atom stereocenters. The number of amides is 1. The van der Waals surface area contributed by atoms with E-state index >= 15 is 0 Å². The van der Waals surface area contributed by atoms with Crippen molar-refractivity contribution in [1.82, 2.24) is 0 Å². The molecule has 0 bridgehead atoms. The molecule has 3 nitrogen and oxygen atoms in total. The molecule has 1 aliphatic heterocycles. The van der Waals surface area contributed by atoms with Gasteiger partial charge in [-0.1, -0.05) is 19.9 Å². The number of anilines is 1. The van der Waals surface area contributed by atoms with Crippen LogP contribution in [0.1, 0.15) is 45.6 Å². The van der Waals surface area contributed by atoms with Crippen molar-refractivity contribution in [1.29, 1.82) is 0 Å². The number of ether oxygens (including phenoxy) is 1. The van der Waals surface area contributed by atoms with Crippen LogP contribution in [-0.2, 0) is 4.79 Å². The first kappa shape index (κ1) is 14.8. The quantitative estimate of drug-likeness (QED) is 0.841. The Morgan fingerprint density at radius 3 is 2.65 bits per heavy atom. The zero-order valence-electron chi connectivity index (χ0n) is 12.6. The predicted octanol–water partition coefficient (Wildman–Crippen LogP) is 3.67. The molecule has 1 aliphatic rings. The van der Waals surface area contributed by atoms with Crippen LogP contribution in [0.4, 0.5) is 10.1 Å². The Bertz CT molecular complexity index is 511. The molecule has 1 aromatic rings. The third-order valence-corrected chi connectivity index (χ3v) is 3.58. The van der Waals surface area contributed by atoms with Crippen molar-refractivity contribution in [3.8, 4) is 5.75 Å². The van der Waals surface area contributed by atoms with Gasteiger partial charge in [-0.3, -0.25) is 9.18 Å². The Hall–Kier alpha value is -1.58. The highest BCUT2D eigenvalue weighted by Gasteiger charge is 2.40. The summed E-state index contributed by atoms with van der Waals surface area (Å²) in [6.07, 6.45) is 0.340. The second-order valence-electron chi connectivity index (χ2n) is 5.99. The van der Waals surface area contributed by atoms with Crippen LogP contribution in [-0.4, -0.2) is 24.7 Å². The second kappa shape index (κ2) is 5.43. The molecule has 0 N–H and O–H groups in total. The molecule has 2 rings (SSSR count). The number of alkyl halides is 1. The lowest BCUT2D eigenvalue weighted by Crippen LogP contribution is -2.52. The van der Waals surface area contributed by atoms with Crippen LogP contribution in [0, 0.1) is 0 Å². The third kappa shape index (κ3) is 2.65. The lowest BCUT2D eigenvalue weighted by atomic mass is 9.99. The summed E-state index contributed by atoms with van der Waals surface area (Å²) >= 11 is 0. The van der Waals surface area contributed by atoms with Crippen molar-refractivity contribution < 1.29 is 13.9 Å². The molecular formula is C16H22FNO2. The van der Waals surface area contributed by atoms with Crippen molar-refractivity contribution >= 4 is 11.6 Å². The Balaban J connectivity index is 2.43. The molecule has 0 spiro atoms. The lowest BCUT2D eigenvalue weighted by Gasteiger charge is -2.39.